The van der Waals surface area contributed by atoms with Crippen molar-refractivity contribution in [2.24, 2.45) is 0 Å². The lowest BCUT2D eigenvalue weighted by Crippen LogP contribution is -2.28. The van der Waals surface area contributed by atoms with Crippen LogP contribution in [0.25, 0.3) is 0 Å². The summed E-state index contributed by atoms with van der Waals surface area (Å²) in [4.78, 5) is 2.36. The van der Waals surface area contributed by atoms with Gasteiger partial charge in [0.25, 0.3) is 0 Å². The highest BCUT2D eigenvalue weighted by Crippen LogP contribution is 2.20. The number of anilines is 1. The second kappa shape index (κ2) is 7.42. The van der Waals surface area contributed by atoms with E-state index in [1.807, 2.05) is 0 Å². The Kier molecular flexibility index (Phi) is 6.20. The topological polar surface area (TPSA) is 15.3 Å². The van der Waals surface area contributed by atoms with Crippen molar-refractivity contribution < 1.29 is 0 Å². The second-order valence-electron chi connectivity index (χ2n) is 5.16. The maximum Gasteiger partial charge on any atom is 0.0368 e. The fourth-order valence-corrected chi connectivity index (χ4v) is 2.03. The Morgan fingerprint density at radius 1 is 1.28 bits per heavy atom. The fraction of sp³-hybridized carbons (Fsp3) is 0.625. The highest BCUT2D eigenvalue weighted by atomic mass is 15.1. The zero-order chi connectivity index (χ0) is 13.5. The van der Waals surface area contributed by atoms with Crippen LogP contribution in [0, 0.1) is 6.92 Å². The zero-order valence-corrected chi connectivity index (χ0v) is 12.6. The molecule has 18 heavy (non-hydrogen) atoms. The standard InChI is InChI=1S/C16H28N2/c1-6-10-17-12-15-8-9-16(11-13(15)3)18(5)14(4)7-2/h8-9,11,14,17H,6-7,10,12H2,1-5H3. The van der Waals surface area contributed by atoms with Crippen LogP contribution in [-0.4, -0.2) is 19.6 Å². The van der Waals surface area contributed by atoms with E-state index in [4.69, 9.17) is 0 Å². The van der Waals surface area contributed by atoms with Crippen LogP contribution in [0.1, 0.15) is 44.7 Å². The molecular weight excluding hydrogens is 220 g/mol. The number of aryl methyl sites for hydroxylation is 1. The van der Waals surface area contributed by atoms with Gasteiger partial charge in [-0.1, -0.05) is 19.9 Å². The van der Waals surface area contributed by atoms with Crippen molar-refractivity contribution >= 4 is 5.69 Å². The molecule has 0 saturated heterocycles. The Balaban J connectivity index is 2.72. The van der Waals surface area contributed by atoms with Gasteiger partial charge in [-0.15, -0.1) is 0 Å². The third-order valence-corrected chi connectivity index (χ3v) is 3.73. The van der Waals surface area contributed by atoms with Crippen molar-refractivity contribution in [2.45, 2.75) is 53.1 Å². The summed E-state index contributed by atoms with van der Waals surface area (Å²) in [7, 11) is 2.18. The Bertz CT molecular complexity index is 360. The average molecular weight is 248 g/mol. The molecule has 0 spiro atoms. The third-order valence-electron chi connectivity index (χ3n) is 3.73. The van der Waals surface area contributed by atoms with E-state index in [2.05, 4.69) is 63.2 Å². The predicted octanol–water partition coefficient (Wildman–Crippen LogP) is 3.73. The first kappa shape index (κ1) is 15.0. The molecule has 0 aliphatic rings. The predicted molar refractivity (Wildman–Crippen MR) is 81.3 cm³/mol. The van der Waals surface area contributed by atoms with E-state index in [1.54, 1.807) is 0 Å². The van der Waals surface area contributed by atoms with Crippen LogP contribution in [0.5, 0.6) is 0 Å². The normalized spacial score (nSPS) is 12.5. The molecule has 0 heterocycles. The lowest BCUT2D eigenvalue weighted by molar-refractivity contribution is 0.661. The van der Waals surface area contributed by atoms with Gasteiger partial charge in [0, 0.05) is 25.3 Å². The molecule has 0 aliphatic heterocycles. The molecule has 102 valence electrons. The second-order valence-corrected chi connectivity index (χ2v) is 5.16. The fourth-order valence-electron chi connectivity index (χ4n) is 2.03. The Morgan fingerprint density at radius 2 is 2.00 bits per heavy atom. The molecule has 1 aromatic carbocycles. The van der Waals surface area contributed by atoms with Crippen molar-refractivity contribution in [2.75, 3.05) is 18.5 Å². The minimum atomic E-state index is 0.591. The Labute approximate surface area is 112 Å². The molecule has 1 aromatic rings. The summed E-state index contributed by atoms with van der Waals surface area (Å²) < 4.78 is 0. The van der Waals surface area contributed by atoms with E-state index < -0.39 is 0 Å². The number of hydrogen-bond donors (Lipinski definition) is 1. The summed E-state index contributed by atoms with van der Waals surface area (Å²) in [6.07, 6.45) is 2.36. The molecule has 0 fully saturated rings. The first-order valence-corrected chi connectivity index (χ1v) is 7.13. The molecule has 1 atom stereocenters. The van der Waals surface area contributed by atoms with Crippen LogP contribution in [0.2, 0.25) is 0 Å². The Morgan fingerprint density at radius 3 is 2.56 bits per heavy atom. The average Bonchev–Trinajstić information content (AvgIpc) is 2.39. The van der Waals surface area contributed by atoms with E-state index in [0.717, 1.165) is 13.1 Å². The molecule has 1 rings (SSSR count). The highest BCUT2D eigenvalue weighted by Gasteiger charge is 2.09. The molecule has 2 heteroatoms. The minimum absolute atomic E-state index is 0.591. The summed E-state index contributed by atoms with van der Waals surface area (Å²) >= 11 is 0. The van der Waals surface area contributed by atoms with Gasteiger partial charge in [-0.05, 0) is 56.5 Å². The summed E-state index contributed by atoms with van der Waals surface area (Å²) in [5.41, 5.74) is 4.11. The van der Waals surface area contributed by atoms with Crippen molar-refractivity contribution in [1.29, 1.82) is 0 Å². The van der Waals surface area contributed by atoms with E-state index >= 15 is 0 Å². The summed E-state index contributed by atoms with van der Waals surface area (Å²) in [5.74, 6) is 0. The molecule has 0 bridgehead atoms. The van der Waals surface area contributed by atoms with Crippen molar-refractivity contribution in [1.82, 2.24) is 5.32 Å². The first-order chi connectivity index (χ1) is 8.60. The number of rotatable bonds is 7. The zero-order valence-electron chi connectivity index (χ0n) is 12.6. The van der Waals surface area contributed by atoms with E-state index in [-0.39, 0.29) is 0 Å². The molecule has 0 aliphatic carbocycles. The van der Waals surface area contributed by atoms with Crippen molar-refractivity contribution in [3.8, 4) is 0 Å². The molecule has 0 radical (unpaired) electrons. The van der Waals surface area contributed by atoms with Gasteiger partial charge in [0.15, 0.2) is 0 Å². The van der Waals surface area contributed by atoms with Crippen LogP contribution in [0.3, 0.4) is 0 Å². The quantitative estimate of drug-likeness (QED) is 0.740. The van der Waals surface area contributed by atoms with Gasteiger partial charge < -0.3 is 10.2 Å². The molecule has 0 amide bonds. The van der Waals surface area contributed by atoms with Crippen molar-refractivity contribution in [3.05, 3.63) is 29.3 Å². The van der Waals surface area contributed by atoms with Crippen LogP contribution < -0.4 is 10.2 Å². The van der Waals surface area contributed by atoms with Gasteiger partial charge in [-0.2, -0.15) is 0 Å². The monoisotopic (exact) mass is 248 g/mol. The molecular formula is C16H28N2. The SMILES string of the molecule is CCCNCc1ccc(N(C)C(C)CC)cc1C. The third kappa shape index (κ3) is 4.02. The smallest absolute Gasteiger partial charge is 0.0368 e. The molecule has 1 N–H and O–H groups in total. The lowest BCUT2D eigenvalue weighted by atomic mass is 10.1. The minimum Gasteiger partial charge on any atom is -0.372 e. The van der Waals surface area contributed by atoms with E-state index in [1.165, 1.54) is 29.7 Å². The lowest BCUT2D eigenvalue weighted by Gasteiger charge is -2.26. The maximum atomic E-state index is 3.46. The first-order valence-electron chi connectivity index (χ1n) is 7.13. The van der Waals surface area contributed by atoms with E-state index in [0.29, 0.717) is 6.04 Å². The number of nitrogens with one attached hydrogen (secondary N) is 1. The van der Waals surface area contributed by atoms with Crippen molar-refractivity contribution in [3.63, 3.8) is 0 Å². The van der Waals surface area contributed by atoms with E-state index in [9.17, 15) is 0 Å². The van der Waals surface area contributed by atoms with Crippen LogP contribution in [-0.2, 0) is 6.54 Å². The largest absolute Gasteiger partial charge is 0.372 e. The van der Waals surface area contributed by atoms with Gasteiger partial charge in [0.1, 0.15) is 0 Å². The summed E-state index contributed by atoms with van der Waals surface area (Å²) in [5, 5.41) is 3.46. The van der Waals surface area contributed by atoms with Crippen LogP contribution >= 0.6 is 0 Å². The van der Waals surface area contributed by atoms with Gasteiger partial charge >= 0.3 is 0 Å². The number of hydrogen-bond acceptors (Lipinski definition) is 2. The van der Waals surface area contributed by atoms with Gasteiger partial charge in [-0.25, -0.2) is 0 Å². The molecule has 1 unspecified atom stereocenters. The molecule has 0 aromatic heterocycles. The number of benzene rings is 1. The van der Waals surface area contributed by atoms with Gasteiger partial charge in [0.05, 0.1) is 0 Å². The van der Waals surface area contributed by atoms with Gasteiger partial charge in [0.2, 0.25) is 0 Å². The molecule has 0 saturated carbocycles. The summed E-state index contributed by atoms with van der Waals surface area (Å²) in [6, 6.07) is 7.39. The Hall–Kier alpha value is -1.02. The number of nitrogens with zero attached hydrogens (tertiary/aromatic N) is 1. The maximum absolute atomic E-state index is 3.46. The van der Waals surface area contributed by atoms with Crippen LogP contribution in [0.15, 0.2) is 18.2 Å². The summed E-state index contributed by atoms with van der Waals surface area (Å²) in [6.45, 7) is 11.0. The van der Waals surface area contributed by atoms with Crippen LogP contribution in [0.4, 0.5) is 5.69 Å². The highest BCUT2D eigenvalue weighted by molar-refractivity contribution is 5.50. The van der Waals surface area contributed by atoms with Gasteiger partial charge in [-0.3, -0.25) is 0 Å². The molecule has 2 nitrogen and oxygen atoms in total.